The van der Waals surface area contributed by atoms with Gasteiger partial charge in [-0.2, -0.15) is 0 Å². The van der Waals surface area contributed by atoms with E-state index in [1.54, 1.807) is 11.8 Å². The lowest BCUT2D eigenvalue weighted by Crippen LogP contribution is -2.27. The lowest BCUT2D eigenvalue weighted by atomic mass is 10.4. The molecule has 0 aliphatic carbocycles. The first kappa shape index (κ1) is 18.8. The van der Waals surface area contributed by atoms with Crippen LogP contribution in [-0.4, -0.2) is 32.4 Å². The normalized spacial score (nSPS) is 11.2. The van der Waals surface area contributed by atoms with Crippen LogP contribution in [0, 0.1) is 0 Å². The predicted octanol–water partition coefficient (Wildman–Crippen LogP) is 3.41. The van der Waals surface area contributed by atoms with E-state index < -0.39 is 9.84 Å². The van der Waals surface area contributed by atoms with Crippen molar-refractivity contribution in [2.75, 3.05) is 18.1 Å². The number of carbonyl (C=O) groups excluding carboxylic acids is 1. The zero-order chi connectivity index (χ0) is 17.4. The second-order valence-corrected chi connectivity index (χ2v) is 8.75. The number of halogens is 1. The molecule has 0 aromatic heterocycles. The van der Waals surface area contributed by atoms with Crippen molar-refractivity contribution in [3.05, 3.63) is 59.6 Å². The molecule has 0 aliphatic heterocycles. The molecule has 0 heterocycles. The van der Waals surface area contributed by atoms with Crippen LogP contribution in [0.3, 0.4) is 0 Å². The summed E-state index contributed by atoms with van der Waals surface area (Å²) >= 11 is 7.38. The average molecular weight is 384 g/mol. The van der Waals surface area contributed by atoms with Crippen LogP contribution < -0.4 is 5.32 Å². The first-order valence-electron chi connectivity index (χ1n) is 7.40. The quantitative estimate of drug-likeness (QED) is 0.560. The standard InChI is InChI=1S/C17H18ClNO3S2/c18-14-6-8-16(9-7-14)24(21,22)13-10-17(20)19-11-12-23-15-4-2-1-3-5-15/h1-9H,10-13H2,(H,19,20). The summed E-state index contributed by atoms with van der Waals surface area (Å²) in [5, 5.41) is 3.22. The Morgan fingerprint density at radius 1 is 1.04 bits per heavy atom. The molecule has 0 radical (unpaired) electrons. The largest absolute Gasteiger partial charge is 0.355 e. The van der Waals surface area contributed by atoms with Crippen LogP contribution >= 0.6 is 23.4 Å². The van der Waals surface area contributed by atoms with E-state index in [1.807, 2.05) is 30.3 Å². The summed E-state index contributed by atoms with van der Waals surface area (Å²) in [5.74, 6) is 0.257. The molecule has 1 amide bonds. The van der Waals surface area contributed by atoms with Gasteiger partial charge < -0.3 is 5.32 Å². The Bertz CT molecular complexity index is 762. The second kappa shape index (κ2) is 9.11. The van der Waals surface area contributed by atoms with E-state index in [0.717, 1.165) is 10.6 Å². The van der Waals surface area contributed by atoms with Crippen molar-refractivity contribution < 1.29 is 13.2 Å². The molecule has 2 aromatic rings. The van der Waals surface area contributed by atoms with E-state index in [9.17, 15) is 13.2 Å². The van der Waals surface area contributed by atoms with Gasteiger partial charge in [-0.1, -0.05) is 29.8 Å². The molecular weight excluding hydrogens is 366 g/mol. The molecule has 2 rings (SSSR count). The molecule has 4 nitrogen and oxygen atoms in total. The number of amides is 1. The Kier molecular flexibility index (Phi) is 7.15. The molecule has 0 spiro atoms. The molecule has 0 aliphatic rings. The van der Waals surface area contributed by atoms with E-state index in [4.69, 9.17) is 11.6 Å². The number of thioether (sulfide) groups is 1. The van der Waals surface area contributed by atoms with Crippen molar-refractivity contribution in [1.82, 2.24) is 5.32 Å². The predicted molar refractivity (Wildman–Crippen MR) is 98.3 cm³/mol. The van der Waals surface area contributed by atoms with Gasteiger partial charge in [-0.3, -0.25) is 4.79 Å². The van der Waals surface area contributed by atoms with Gasteiger partial charge in [0.05, 0.1) is 10.6 Å². The van der Waals surface area contributed by atoms with Gasteiger partial charge >= 0.3 is 0 Å². The third-order valence-corrected chi connectivity index (χ3v) is 6.20. The maximum Gasteiger partial charge on any atom is 0.221 e. The van der Waals surface area contributed by atoms with Gasteiger partial charge in [0, 0.05) is 28.6 Å². The Hall–Kier alpha value is -1.50. The second-order valence-electron chi connectivity index (χ2n) is 5.03. The third-order valence-electron chi connectivity index (χ3n) is 3.21. The molecule has 0 saturated carbocycles. The van der Waals surface area contributed by atoms with Gasteiger partial charge in [0.25, 0.3) is 0 Å². The summed E-state index contributed by atoms with van der Waals surface area (Å²) in [5.41, 5.74) is 0. The third kappa shape index (κ3) is 6.19. The minimum Gasteiger partial charge on any atom is -0.355 e. The summed E-state index contributed by atoms with van der Waals surface area (Å²) in [6.45, 7) is 0.499. The van der Waals surface area contributed by atoms with Gasteiger partial charge in [0.15, 0.2) is 9.84 Å². The highest BCUT2D eigenvalue weighted by Crippen LogP contribution is 2.17. The van der Waals surface area contributed by atoms with Crippen LogP contribution in [0.25, 0.3) is 0 Å². The minimum atomic E-state index is -3.47. The van der Waals surface area contributed by atoms with E-state index in [0.29, 0.717) is 11.6 Å². The fraction of sp³-hybridized carbons (Fsp3) is 0.235. The first-order valence-corrected chi connectivity index (χ1v) is 10.4. The number of benzene rings is 2. The van der Waals surface area contributed by atoms with Crippen LogP contribution in [0.2, 0.25) is 5.02 Å². The van der Waals surface area contributed by atoms with Crippen LogP contribution in [-0.2, 0) is 14.6 Å². The smallest absolute Gasteiger partial charge is 0.221 e. The summed E-state index contributed by atoms with van der Waals surface area (Å²) in [6, 6.07) is 15.8. The van der Waals surface area contributed by atoms with Gasteiger partial charge in [-0.15, -0.1) is 11.8 Å². The summed E-state index contributed by atoms with van der Waals surface area (Å²) < 4.78 is 24.3. The number of rotatable bonds is 8. The molecule has 7 heteroatoms. The Morgan fingerprint density at radius 2 is 1.71 bits per heavy atom. The monoisotopic (exact) mass is 383 g/mol. The topological polar surface area (TPSA) is 63.2 Å². The zero-order valence-corrected chi connectivity index (χ0v) is 15.3. The molecule has 0 bridgehead atoms. The molecule has 0 unspecified atom stereocenters. The Morgan fingerprint density at radius 3 is 2.38 bits per heavy atom. The number of sulfone groups is 1. The molecule has 2 aromatic carbocycles. The van der Waals surface area contributed by atoms with Crippen LogP contribution in [0.15, 0.2) is 64.4 Å². The first-order chi connectivity index (χ1) is 11.5. The molecule has 128 valence electrons. The maximum absolute atomic E-state index is 12.1. The molecular formula is C17H18ClNO3S2. The van der Waals surface area contributed by atoms with E-state index in [2.05, 4.69) is 5.32 Å². The number of hydrogen-bond acceptors (Lipinski definition) is 4. The highest BCUT2D eigenvalue weighted by atomic mass is 35.5. The summed E-state index contributed by atoms with van der Waals surface area (Å²) in [4.78, 5) is 13.1. The van der Waals surface area contributed by atoms with Crippen molar-refractivity contribution in [3.63, 3.8) is 0 Å². The molecule has 24 heavy (non-hydrogen) atoms. The van der Waals surface area contributed by atoms with Crippen LogP contribution in [0.5, 0.6) is 0 Å². The molecule has 0 atom stereocenters. The summed E-state index contributed by atoms with van der Waals surface area (Å²) in [7, 11) is -3.47. The maximum atomic E-state index is 12.1. The number of hydrogen-bond donors (Lipinski definition) is 1. The zero-order valence-electron chi connectivity index (χ0n) is 12.9. The highest BCUT2D eigenvalue weighted by molar-refractivity contribution is 7.99. The van der Waals surface area contributed by atoms with Crippen molar-refractivity contribution in [2.45, 2.75) is 16.2 Å². The van der Waals surface area contributed by atoms with Crippen LogP contribution in [0.4, 0.5) is 0 Å². The van der Waals surface area contributed by atoms with Gasteiger partial charge in [-0.05, 0) is 36.4 Å². The number of carbonyl (C=O) groups is 1. The van der Waals surface area contributed by atoms with E-state index >= 15 is 0 Å². The molecule has 0 saturated heterocycles. The Balaban J connectivity index is 1.71. The molecule has 1 N–H and O–H groups in total. The van der Waals surface area contributed by atoms with E-state index in [-0.39, 0.29) is 23.0 Å². The minimum absolute atomic E-state index is 0.0546. The van der Waals surface area contributed by atoms with Crippen LogP contribution in [0.1, 0.15) is 6.42 Å². The fourth-order valence-corrected chi connectivity index (χ4v) is 4.11. The number of nitrogens with one attached hydrogen (secondary N) is 1. The average Bonchev–Trinajstić information content (AvgIpc) is 2.58. The Labute approximate surface area is 151 Å². The SMILES string of the molecule is O=C(CCS(=O)(=O)c1ccc(Cl)cc1)NCCSc1ccccc1. The highest BCUT2D eigenvalue weighted by Gasteiger charge is 2.16. The van der Waals surface area contributed by atoms with Crippen molar-refractivity contribution in [3.8, 4) is 0 Å². The van der Waals surface area contributed by atoms with Gasteiger partial charge in [0.1, 0.15) is 0 Å². The van der Waals surface area contributed by atoms with Crippen molar-refractivity contribution >= 4 is 39.1 Å². The van der Waals surface area contributed by atoms with Crippen molar-refractivity contribution in [1.29, 1.82) is 0 Å². The fourth-order valence-electron chi connectivity index (χ4n) is 1.95. The van der Waals surface area contributed by atoms with E-state index in [1.165, 1.54) is 24.3 Å². The molecule has 0 fully saturated rings. The van der Waals surface area contributed by atoms with Crippen molar-refractivity contribution in [2.24, 2.45) is 0 Å². The van der Waals surface area contributed by atoms with Gasteiger partial charge in [0.2, 0.25) is 5.91 Å². The summed E-state index contributed by atoms with van der Waals surface area (Å²) in [6.07, 6.45) is -0.0546. The lowest BCUT2D eigenvalue weighted by Gasteiger charge is -2.06. The lowest BCUT2D eigenvalue weighted by molar-refractivity contribution is -0.120. The van der Waals surface area contributed by atoms with Gasteiger partial charge in [-0.25, -0.2) is 8.42 Å².